The number of rotatable bonds is 7. The van der Waals surface area contributed by atoms with Crippen molar-refractivity contribution in [3.63, 3.8) is 0 Å². The van der Waals surface area contributed by atoms with Crippen molar-refractivity contribution in [2.24, 2.45) is 0 Å². The lowest BCUT2D eigenvalue weighted by Gasteiger charge is -2.30. The van der Waals surface area contributed by atoms with Crippen LogP contribution in [0.4, 0.5) is 0 Å². The Hall–Kier alpha value is -2.40. The lowest BCUT2D eigenvalue weighted by Crippen LogP contribution is -2.39. The number of pyridine rings is 1. The number of carbonyl (C=O) groups is 1. The fourth-order valence-electron chi connectivity index (χ4n) is 2.83. The van der Waals surface area contributed by atoms with Gasteiger partial charge in [-0.3, -0.25) is 14.5 Å². The molecule has 5 heteroatoms. The maximum atomic E-state index is 12.4. The Bertz CT molecular complexity index is 721. The first-order valence-electron chi connectivity index (χ1n) is 8.33. The van der Waals surface area contributed by atoms with Gasteiger partial charge in [-0.15, -0.1) is 0 Å². The summed E-state index contributed by atoms with van der Waals surface area (Å²) < 4.78 is 0. The smallest absolute Gasteiger partial charge is 0.260 e. The first-order valence-corrected chi connectivity index (χ1v) is 8.33. The minimum Gasteiger partial charge on any atom is -0.350 e. The van der Waals surface area contributed by atoms with E-state index in [9.17, 15) is 9.59 Å². The highest BCUT2D eigenvalue weighted by Crippen LogP contribution is 2.19. The van der Waals surface area contributed by atoms with Crippen molar-refractivity contribution in [3.8, 4) is 0 Å². The second kappa shape index (κ2) is 8.45. The number of aromatic amines is 1. The maximum absolute atomic E-state index is 12.4. The Morgan fingerprint density at radius 1 is 1.12 bits per heavy atom. The van der Waals surface area contributed by atoms with E-state index in [-0.39, 0.29) is 23.1 Å². The van der Waals surface area contributed by atoms with Gasteiger partial charge in [-0.2, -0.15) is 0 Å². The number of amides is 1. The van der Waals surface area contributed by atoms with Gasteiger partial charge in [-0.1, -0.05) is 44.2 Å². The van der Waals surface area contributed by atoms with Gasteiger partial charge in [0, 0.05) is 12.2 Å². The van der Waals surface area contributed by atoms with E-state index in [0.717, 1.165) is 24.3 Å². The van der Waals surface area contributed by atoms with Crippen LogP contribution in [0.3, 0.4) is 0 Å². The number of hydrogen-bond donors (Lipinski definition) is 2. The number of nitrogens with one attached hydrogen (secondary N) is 2. The molecule has 0 fully saturated rings. The Morgan fingerprint density at radius 2 is 1.79 bits per heavy atom. The van der Waals surface area contributed by atoms with E-state index in [1.165, 1.54) is 0 Å². The Kier molecular flexibility index (Phi) is 6.32. The summed E-state index contributed by atoms with van der Waals surface area (Å²) in [6, 6.07) is 13.5. The zero-order chi connectivity index (χ0) is 17.5. The summed E-state index contributed by atoms with van der Waals surface area (Å²) in [5, 5.41) is 2.91. The van der Waals surface area contributed by atoms with Crippen molar-refractivity contribution >= 4 is 5.91 Å². The molecule has 0 saturated carbocycles. The van der Waals surface area contributed by atoms with Gasteiger partial charge in [0.1, 0.15) is 5.56 Å². The van der Waals surface area contributed by atoms with Gasteiger partial charge in [0.2, 0.25) is 0 Å². The van der Waals surface area contributed by atoms with Crippen molar-refractivity contribution in [3.05, 3.63) is 69.6 Å². The third-order valence-electron chi connectivity index (χ3n) is 4.19. The molecule has 0 saturated heterocycles. The number of hydrogen-bond acceptors (Lipinski definition) is 3. The highest BCUT2D eigenvalue weighted by atomic mass is 16.2. The highest BCUT2D eigenvalue weighted by Gasteiger charge is 2.19. The van der Waals surface area contributed by atoms with Crippen LogP contribution in [0.25, 0.3) is 0 Å². The number of nitrogens with zero attached hydrogens (tertiary/aromatic N) is 1. The third-order valence-corrected chi connectivity index (χ3v) is 4.19. The second-order valence-electron chi connectivity index (χ2n) is 5.74. The molecule has 1 amide bonds. The summed E-state index contributed by atoms with van der Waals surface area (Å²) in [5.41, 5.74) is 1.68. The monoisotopic (exact) mass is 327 g/mol. The summed E-state index contributed by atoms with van der Waals surface area (Å²) in [6.45, 7) is 8.22. The number of carbonyl (C=O) groups excluding carboxylic acids is 1. The maximum Gasteiger partial charge on any atom is 0.260 e. The number of benzene rings is 1. The summed E-state index contributed by atoms with van der Waals surface area (Å²) >= 11 is 0. The molecule has 1 aromatic carbocycles. The van der Waals surface area contributed by atoms with Crippen molar-refractivity contribution in [1.82, 2.24) is 15.2 Å². The topological polar surface area (TPSA) is 65.2 Å². The van der Waals surface area contributed by atoms with Crippen LogP contribution in [0.1, 0.15) is 41.5 Å². The van der Waals surface area contributed by atoms with Crippen LogP contribution in [-0.2, 0) is 0 Å². The third kappa shape index (κ3) is 4.32. The van der Waals surface area contributed by atoms with Gasteiger partial charge in [0.15, 0.2) is 0 Å². The molecule has 0 unspecified atom stereocenters. The fraction of sp³-hybridized carbons (Fsp3) is 0.368. The van der Waals surface area contributed by atoms with Crippen LogP contribution in [-0.4, -0.2) is 35.4 Å². The van der Waals surface area contributed by atoms with E-state index in [1.54, 1.807) is 19.1 Å². The van der Waals surface area contributed by atoms with Crippen LogP contribution in [0.15, 0.2) is 47.3 Å². The largest absolute Gasteiger partial charge is 0.350 e. The molecular weight excluding hydrogens is 302 g/mol. The van der Waals surface area contributed by atoms with Crippen LogP contribution in [0.2, 0.25) is 0 Å². The molecule has 1 heterocycles. The predicted molar refractivity (Wildman–Crippen MR) is 96.2 cm³/mol. The number of likely N-dealkylation sites (N-methyl/N-ethyl adjacent to an activating group) is 1. The van der Waals surface area contributed by atoms with E-state index in [1.807, 2.05) is 18.2 Å². The fourth-order valence-corrected chi connectivity index (χ4v) is 2.83. The molecule has 0 radical (unpaired) electrons. The second-order valence-corrected chi connectivity index (χ2v) is 5.74. The molecule has 24 heavy (non-hydrogen) atoms. The molecule has 0 aliphatic rings. The van der Waals surface area contributed by atoms with Crippen molar-refractivity contribution in [2.45, 2.75) is 26.8 Å². The zero-order valence-corrected chi connectivity index (χ0v) is 14.5. The summed E-state index contributed by atoms with van der Waals surface area (Å²) in [5.74, 6) is -0.343. The average molecular weight is 327 g/mol. The van der Waals surface area contributed by atoms with Gasteiger partial charge in [0.05, 0.1) is 6.04 Å². The zero-order valence-electron chi connectivity index (χ0n) is 14.5. The van der Waals surface area contributed by atoms with Gasteiger partial charge in [-0.25, -0.2) is 0 Å². The number of H-pyrrole nitrogens is 1. The lowest BCUT2D eigenvalue weighted by molar-refractivity contribution is 0.0933. The van der Waals surface area contributed by atoms with Crippen LogP contribution < -0.4 is 10.9 Å². The van der Waals surface area contributed by atoms with E-state index in [0.29, 0.717) is 6.54 Å². The van der Waals surface area contributed by atoms with Crippen LogP contribution in [0, 0.1) is 6.92 Å². The molecular formula is C19H25N3O2. The van der Waals surface area contributed by atoms with Gasteiger partial charge in [-0.05, 0) is 37.7 Å². The molecule has 0 aliphatic carbocycles. The molecule has 1 aromatic heterocycles. The minimum atomic E-state index is -0.355. The molecule has 2 rings (SSSR count). The highest BCUT2D eigenvalue weighted by molar-refractivity contribution is 5.93. The van der Waals surface area contributed by atoms with Gasteiger partial charge >= 0.3 is 0 Å². The predicted octanol–water partition coefficient (Wildman–Crippen LogP) is 2.50. The first kappa shape index (κ1) is 17.9. The SMILES string of the molecule is CCN(CC)[C@H](CNC(=O)c1ccc(C)[nH]c1=O)c1ccccc1. The molecule has 1 atom stereocenters. The van der Waals surface area contributed by atoms with E-state index < -0.39 is 0 Å². The van der Waals surface area contributed by atoms with E-state index in [2.05, 4.69) is 41.2 Å². The standard InChI is InChI=1S/C19H25N3O2/c1-4-22(5-2)17(15-9-7-6-8-10-15)13-20-18(23)16-12-11-14(3)21-19(16)24/h6-12,17H,4-5,13H2,1-3H3,(H,20,23)(H,21,24)/t17-/m1/s1. The Labute approximate surface area is 142 Å². The van der Waals surface area contributed by atoms with Crippen molar-refractivity contribution < 1.29 is 4.79 Å². The Morgan fingerprint density at radius 3 is 2.38 bits per heavy atom. The van der Waals surface area contributed by atoms with Crippen LogP contribution in [0.5, 0.6) is 0 Å². The number of aromatic nitrogens is 1. The van der Waals surface area contributed by atoms with Gasteiger partial charge < -0.3 is 10.3 Å². The summed E-state index contributed by atoms with van der Waals surface area (Å²) in [6.07, 6.45) is 0. The lowest BCUT2D eigenvalue weighted by atomic mass is 10.0. The Balaban J connectivity index is 2.15. The summed E-state index contributed by atoms with van der Waals surface area (Å²) in [7, 11) is 0. The molecule has 2 aromatic rings. The quantitative estimate of drug-likeness (QED) is 0.821. The van der Waals surface area contributed by atoms with E-state index >= 15 is 0 Å². The van der Waals surface area contributed by atoms with Crippen molar-refractivity contribution in [1.29, 1.82) is 0 Å². The summed E-state index contributed by atoms with van der Waals surface area (Å²) in [4.78, 5) is 29.2. The molecule has 128 valence electrons. The van der Waals surface area contributed by atoms with Gasteiger partial charge in [0.25, 0.3) is 11.5 Å². The first-order chi connectivity index (χ1) is 11.6. The number of aryl methyl sites for hydroxylation is 1. The minimum absolute atomic E-state index is 0.0784. The molecule has 2 N–H and O–H groups in total. The molecule has 5 nitrogen and oxygen atoms in total. The van der Waals surface area contributed by atoms with Crippen LogP contribution >= 0.6 is 0 Å². The van der Waals surface area contributed by atoms with Crippen molar-refractivity contribution in [2.75, 3.05) is 19.6 Å². The average Bonchev–Trinajstić information content (AvgIpc) is 2.59. The molecule has 0 aliphatic heterocycles. The molecule has 0 spiro atoms. The van der Waals surface area contributed by atoms with E-state index in [4.69, 9.17) is 0 Å². The molecule has 0 bridgehead atoms. The normalized spacial score (nSPS) is 12.2.